The van der Waals surface area contributed by atoms with E-state index in [4.69, 9.17) is 4.74 Å². The third kappa shape index (κ3) is 4.96. The topological polar surface area (TPSA) is 100 Å². The lowest BCUT2D eigenvalue weighted by Gasteiger charge is -2.26. The zero-order valence-corrected chi connectivity index (χ0v) is 20.7. The number of nitrogens with zero attached hydrogens (tertiary/aromatic N) is 2. The van der Waals surface area contributed by atoms with Crippen molar-refractivity contribution in [3.8, 4) is 0 Å². The summed E-state index contributed by atoms with van der Waals surface area (Å²) in [5, 5.41) is 7.69. The first-order chi connectivity index (χ1) is 16.9. The van der Waals surface area contributed by atoms with E-state index in [0.29, 0.717) is 32.0 Å². The molecule has 0 aromatic heterocycles. The van der Waals surface area contributed by atoms with E-state index in [2.05, 4.69) is 21.9 Å². The summed E-state index contributed by atoms with van der Waals surface area (Å²) in [7, 11) is -3.69. The van der Waals surface area contributed by atoms with Gasteiger partial charge in [0.15, 0.2) is 0 Å². The summed E-state index contributed by atoms with van der Waals surface area (Å²) in [4.78, 5) is 15.1. The number of carbonyl (C=O) groups excluding carboxylic acids is 1. The molecule has 2 aliphatic rings. The third-order valence-electron chi connectivity index (χ3n) is 5.80. The standard InChI is InChI=1S/C25H24N4O4S2/c1-17(18-9-10-24-22(16-18)26-21-7-2-3-8-23(21)34-24)27-28-25(30)19-5-4-6-20(15-19)35(31,32)29-11-13-33-14-12-29/h2-10,15-16,26H,11-14H2,1H3,(H,28,30). The van der Waals surface area contributed by atoms with Crippen LogP contribution < -0.4 is 10.7 Å². The summed E-state index contributed by atoms with van der Waals surface area (Å²) in [6.07, 6.45) is 0. The van der Waals surface area contributed by atoms with Gasteiger partial charge in [-0.15, -0.1) is 0 Å². The lowest BCUT2D eigenvalue weighted by molar-refractivity contribution is 0.0730. The molecule has 1 fully saturated rings. The number of para-hydroxylation sites is 1. The first-order valence-corrected chi connectivity index (χ1v) is 13.4. The van der Waals surface area contributed by atoms with Crippen molar-refractivity contribution in [2.75, 3.05) is 31.6 Å². The number of ether oxygens (including phenoxy) is 1. The molecule has 0 spiro atoms. The summed E-state index contributed by atoms with van der Waals surface area (Å²) in [6.45, 7) is 3.11. The van der Waals surface area contributed by atoms with Crippen LogP contribution >= 0.6 is 11.8 Å². The molecule has 3 aromatic carbocycles. The van der Waals surface area contributed by atoms with E-state index in [-0.39, 0.29) is 10.5 Å². The largest absolute Gasteiger partial charge is 0.379 e. The second-order valence-corrected chi connectivity index (χ2v) is 11.1. The Balaban J connectivity index is 1.30. The van der Waals surface area contributed by atoms with E-state index in [1.54, 1.807) is 23.9 Å². The summed E-state index contributed by atoms with van der Waals surface area (Å²) < 4.78 is 32.4. The Hall–Kier alpha value is -3.18. The predicted octanol–water partition coefficient (Wildman–Crippen LogP) is 4.07. The highest BCUT2D eigenvalue weighted by Crippen LogP contribution is 2.44. The van der Waals surface area contributed by atoms with E-state index in [1.165, 1.54) is 21.3 Å². The number of hydrogen-bond acceptors (Lipinski definition) is 7. The molecule has 0 radical (unpaired) electrons. The highest BCUT2D eigenvalue weighted by molar-refractivity contribution is 7.99. The molecule has 1 saturated heterocycles. The van der Waals surface area contributed by atoms with Gasteiger partial charge < -0.3 is 10.1 Å². The van der Waals surface area contributed by atoms with Gasteiger partial charge in [-0.2, -0.15) is 9.41 Å². The number of benzene rings is 3. The van der Waals surface area contributed by atoms with Crippen molar-refractivity contribution in [1.29, 1.82) is 0 Å². The molecule has 8 nitrogen and oxygen atoms in total. The van der Waals surface area contributed by atoms with Gasteiger partial charge in [-0.1, -0.05) is 36.0 Å². The first-order valence-electron chi connectivity index (χ1n) is 11.1. The van der Waals surface area contributed by atoms with Gasteiger partial charge in [-0.3, -0.25) is 4.79 Å². The molecule has 0 bridgehead atoms. The Morgan fingerprint density at radius 3 is 2.57 bits per heavy atom. The van der Waals surface area contributed by atoms with Crippen molar-refractivity contribution in [3.63, 3.8) is 0 Å². The summed E-state index contributed by atoms with van der Waals surface area (Å²) in [5.74, 6) is -0.482. The molecule has 10 heteroatoms. The van der Waals surface area contributed by atoms with E-state index >= 15 is 0 Å². The fraction of sp³-hybridized carbons (Fsp3) is 0.200. The lowest BCUT2D eigenvalue weighted by Crippen LogP contribution is -2.40. The van der Waals surface area contributed by atoms with Crippen LogP contribution in [-0.2, 0) is 14.8 Å². The third-order valence-corrected chi connectivity index (χ3v) is 8.85. The fourth-order valence-electron chi connectivity index (χ4n) is 3.86. The number of carbonyl (C=O) groups is 1. The van der Waals surface area contributed by atoms with Crippen LogP contribution in [0.4, 0.5) is 11.4 Å². The lowest BCUT2D eigenvalue weighted by atomic mass is 10.1. The van der Waals surface area contributed by atoms with Crippen molar-refractivity contribution in [1.82, 2.24) is 9.73 Å². The molecule has 0 atom stereocenters. The molecule has 2 N–H and O–H groups in total. The van der Waals surface area contributed by atoms with Crippen LogP contribution in [0.25, 0.3) is 0 Å². The number of fused-ring (bicyclic) bond motifs is 2. The quantitative estimate of drug-likeness (QED) is 0.311. The average Bonchev–Trinajstić information content (AvgIpc) is 2.90. The minimum absolute atomic E-state index is 0.0753. The number of morpholine rings is 1. The molecule has 35 heavy (non-hydrogen) atoms. The number of rotatable bonds is 5. The van der Waals surface area contributed by atoms with Gasteiger partial charge in [0.05, 0.1) is 35.2 Å². The van der Waals surface area contributed by atoms with E-state index in [0.717, 1.165) is 21.8 Å². The summed E-state index contributed by atoms with van der Waals surface area (Å²) in [6, 6.07) is 20.1. The van der Waals surface area contributed by atoms with Crippen LogP contribution in [0.15, 0.2) is 86.5 Å². The zero-order valence-electron chi connectivity index (χ0n) is 19.0. The van der Waals surface area contributed by atoms with Gasteiger partial charge in [0.1, 0.15) is 0 Å². The maximum absolute atomic E-state index is 12.9. The minimum Gasteiger partial charge on any atom is -0.379 e. The maximum Gasteiger partial charge on any atom is 0.271 e. The number of hydrazone groups is 1. The highest BCUT2D eigenvalue weighted by Gasteiger charge is 2.27. The Morgan fingerprint density at radius 1 is 0.971 bits per heavy atom. The Kier molecular flexibility index (Phi) is 6.61. The highest BCUT2D eigenvalue weighted by atomic mass is 32.2. The molecule has 0 saturated carbocycles. The molecule has 3 aromatic rings. The normalized spacial score (nSPS) is 16.1. The molecule has 0 unspecified atom stereocenters. The van der Waals surface area contributed by atoms with Crippen molar-refractivity contribution < 1.29 is 17.9 Å². The first kappa shape index (κ1) is 23.6. The number of sulfonamides is 1. The smallest absolute Gasteiger partial charge is 0.271 e. The molecular formula is C25H24N4O4S2. The second kappa shape index (κ2) is 9.82. The van der Waals surface area contributed by atoms with Crippen molar-refractivity contribution in [2.24, 2.45) is 5.10 Å². The van der Waals surface area contributed by atoms with Gasteiger partial charge in [-0.05, 0) is 55.0 Å². The van der Waals surface area contributed by atoms with Crippen LogP contribution in [0.5, 0.6) is 0 Å². The predicted molar refractivity (Wildman–Crippen MR) is 136 cm³/mol. The summed E-state index contributed by atoms with van der Waals surface area (Å²) in [5.41, 5.74) is 6.29. The zero-order chi connectivity index (χ0) is 24.4. The van der Waals surface area contributed by atoms with Crippen molar-refractivity contribution in [3.05, 3.63) is 77.9 Å². The number of anilines is 2. The molecule has 2 heterocycles. The number of hydrogen-bond donors (Lipinski definition) is 2. The SMILES string of the molecule is CC(=NNC(=O)c1cccc(S(=O)(=O)N2CCOCC2)c1)c1ccc2c(c1)Nc1ccccc1S2. The maximum atomic E-state index is 12.9. The number of nitrogens with one attached hydrogen (secondary N) is 2. The van der Waals surface area contributed by atoms with Gasteiger partial charge in [-0.25, -0.2) is 13.8 Å². The van der Waals surface area contributed by atoms with Crippen LogP contribution in [0.2, 0.25) is 0 Å². The van der Waals surface area contributed by atoms with Crippen molar-refractivity contribution >= 4 is 44.8 Å². The van der Waals surface area contributed by atoms with E-state index in [1.807, 2.05) is 43.3 Å². The fourth-order valence-corrected chi connectivity index (χ4v) is 6.28. The monoisotopic (exact) mass is 508 g/mol. The molecule has 5 rings (SSSR count). The molecular weight excluding hydrogens is 484 g/mol. The van der Waals surface area contributed by atoms with Crippen LogP contribution in [0.1, 0.15) is 22.8 Å². The second-order valence-electron chi connectivity index (χ2n) is 8.12. The van der Waals surface area contributed by atoms with E-state index in [9.17, 15) is 13.2 Å². The Labute approximate surface area is 208 Å². The molecule has 180 valence electrons. The van der Waals surface area contributed by atoms with Gasteiger partial charge >= 0.3 is 0 Å². The Morgan fingerprint density at radius 2 is 1.74 bits per heavy atom. The van der Waals surface area contributed by atoms with Gasteiger partial charge in [0.2, 0.25) is 10.0 Å². The van der Waals surface area contributed by atoms with Gasteiger partial charge in [0, 0.05) is 28.4 Å². The molecule has 2 aliphatic heterocycles. The average molecular weight is 509 g/mol. The number of amides is 1. The molecule has 0 aliphatic carbocycles. The van der Waals surface area contributed by atoms with Gasteiger partial charge in [0.25, 0.3) is 5.91 Å². The minimum atomic E-state index is -3.69. The Bertz CT molecular complexity index is 1420. The van der Waals surface area contributed by atoms with E-state index < -0.39 is 15.9 Å². The molecule has 1 amide bonds. The van der Waals surface area contributed by atoms with Crippen LogP contribution in [0, 0.1) is 0 Å². The van der Waals surface area contributed by atoms with Crippen molar-refractivity contribution in [2.45, 2.75) is 21.6 Å². The van der Waals surface area contributed by atoms with Crippen LogP contribution in [-0.4, -0.2) is 50.6 Å². The van der Waals surface area contributed by atoms with Crippen LogP contribution in [0.3, 0.4) is 0 Å². The summed E-state index contributed by atoms with van der Waals surface area (Å²) >= 11 is 1.70.